The predicted molar refractivity (Wildman–Crippen MR) is 62.1 cm³/mol. The molecule has 0 N–H and O–H groups in total. The number of hydrogen-bond donors (Lipinski definition) is 0. The van der Waals surface area contributed by atoms with Crippen LogP contribution in [0, 0.1) is 19.8 Å². The summed E-state index contributed by atoms with van der Waals surface area (Å²) in [6.07, 6.45) is 4.35. The van der Waals surface area contributed by atoms with Crippen molar-refractivity contribution in [2.24, 2.45) is 5.92 Å². The Morgan fingerprint density at radius 1 is 1.33 bits per heavy atom. The third-order valence-electron chi connectivity index (χ3n) is 3.50. The molecule has 1 aromatic carbocycles. The molecule has 0 bridgehead atoms. The Morgan fingerprint density at radius 3 is 2.60 bits per heavy atom. The van der Waals surface area contributed by atoms with E-state index < -0.39 is 0 Å². The van der Waals surface area contributed by atoms with Crippen molar-refractivity contribution in [2.45, 2.75) is 39.0 Å². The molecule has 1 saturated carbocycles. The van der Waals surface area contributed by atoms with E-state index >= 15 is 0 Å². The van der Waals surface area contributed by atoms with Crippen LogP contribution in [0.25, 0.3) is 0 Å². The molecule has 1 atom stereocenters. The van der Waals surface area contributed by atoms with Crippen molar-refractivity contribution in [3.05, 3.63) is 34.9 Å². The van der Waals surface area contributed by atoms with E-state index in [4.69, 9.17) is 0 Å². The smallest absolute Gasteiger partial charge is 0.120 e. The lowest BCUT2D eigenvalue weighted by Crippen LogP contribution is -2.02. The first-order chi connectivity index (χ1) is 7.22. The average Bonchev–Trinajstić information content (AvgIpc) is 3.02. The van der Waals surface area contributed by atoms with E-state index in [0.717, 1.165) is 12.2 Å². The quantitative estimate of drug-likeness (QED) is 0.684. The number of carbonyl (C=O) groups excluding carboxylic acids is 1. The van der Waals surface area contributed by atoms with Crippen LogP contribution in [0.15, 0.2) is 18.2 Å². The Balaban J connectivity index is 2.24. The Morgan fingerprint density at radius 2 is 2.07 bits per heavy atom. The fourth-order valence-corrected chi connectivity index (χ4v) is 2.20. The van der Waals surface area contributed by atoms with Crippen LogP contribution in [0.1, 0.15) is 41.9 Å². The lowest BCUT2D eigenvalue weighted by molar-refractivity contribution is -0.108. The summed E-state index contributed by atoms with van der Waals surface area (Å²) in [4.78, 5) is 10.7. The van der Waals surface area contributed by atoms with Crippen LogP contribution in [0.3, 0.4) is 0 Å². The third kappa shape index (κ3) is 2.28. The fourth-order valence-electron chi connectivity index (χ4n) is 2.20. The van der Waals surface area contributed by atoms with Gasteiger partial charge in [0, 0.05) is 6.42 Å². The van der Waals surface area contributed by atoms with Gasteiger partial charge in [0.2, 0.25) is 0 Å². The standard InChI is InChI=1S/C14H18O/c1-10-3-4-13(9-11(10)2)14(7-8-15)12-5-6-12/h3-4,8-9,12,14H,5-7H2,1-2H3. The number of hydrogen-bond acceptors (Lipinski definition) is 1. The van der Waals surface area contributed by atoms with E-state index in [1.807, 2.05) is 0 Å². The first-order valence-corrected chi connectivity index (χ1v) is 5.73. The lowest BCUT2D eigenvalue weighted by Gasteiger charge is -2.15. The van der Waals surface area contributed by atoms with Gasteiger partial charge in [-0.3, -0.25) is 0 Å². The van der Waals surface area contributed by atoms with E-state index in [1.54, 1.807) is 0 Å². The van der Waals surface area contributed by atoms with E-state index in [2.05, 4.69) is 32.0 Å². The highest BCUT2D eigenvalue weighted by atomic mass is 16.1. The summed E-state index contributed by atoms with van der Waals surface area (Å²) < 4.78 is 0. The van der Waals surface area contributed by atoms with Gasteiger partial charge in [-0.15, -0.1) is 0 Å². The SMILES string of the molecule is Cc1ccc(C(CC=O)C2CC2)cc1C. The molecule has 0 radical (unpaired) electrons. The molecule has 2 rings (SSSR count). The predicted octanol–water partition coefficient (Wildman–Crippen LogP) is 3.39. The van der Waals surface area contributed by atoms with E-state index in [-0.39, 0.29) is 0 Å². The van der Waals surface area contributed by atoms with Crippen molar-refractivity contribution in [2.75, 3.05) is 0 Å². The minimum atomic E-state index is 0.474. The maximum absolute atomic E-state index is 10.7. The molecule has 0 aliphatic heterocycles. The Hall–Kier alpha value is -1.11. The molecule has 1 nitrogen and oxygen atoms in total. The van der Waals surface area contributed by atoms with E-state index in [0.29, 0.717) is 12.3 Å². The summed E-state index contributed by atoms with van der Waals surface area (Å²) in [7, 11) is 0. The van der Waals surface area contributed by atoms with Crippen LogP contribution in [-0.4, -0.2) is 6.29 Å². The Bertz CT molecular complexity index is 364. The average molecular weight is 202 g/mol. The first-order valence-electron chi connectivity index (χ1n) is 5.73. The Kier molecular flexibility index (Phi) is 2.90. The van der Waals surface area contributed by atoms with Crippen LogP contribution >= 0.6 is 0 Å². The minimum Gasteiger partial charge on any atom is -0.303 e. The van der Waals surface area contributed by atoms with Gasteiger partial charge in [-0.1, -0.05) is 18.2 Å². The molecular formula is C14H18O. The summed E-state index contributed by atoms with van der Waals surface area (Å²) in [6.45, 7) is 4.27. The van der Waals surface area contributed by atoms with Gasteiger partial charge in [0.05, 0.1) is 0 Å². The zero-order valence-electron chi connectivity index (χ0n) is 9.49. The molecule has 0 heterocycles. The van der Waals surface area contributed by atoms with Gasteiger partial charge in [0.25, 0.3) is 0 Å². The van der Waals surface area contributed by atoms with Crippen LogP contribution < -0.4 is 0 Å². The maximum atomic E-state index is 10.7. The molecular weight excluding hydrogens is 184 g/mol. The van der Waals surface area contributed by atoms with Crippen molar-refractivity contribution in [1.82, 2.24) is 0 Å². The fraction of sp³-hybridized carbons (Fsp3) is 0.500. The van der Waals surface area contributed by atoms with Gasteiger partial charge in [0.1, 0.15) is 6.29 Å². The van der Waals surface area contributed by atoms with E-state index in [9.17, 15) is 4.79 Å². The number of aldehydes is 1. The van der Waals surface area contributed by atoms with Crippen LogP contribution in [0.4, 0.5) is 0 Å². The number of rotatable bonds is 4. The summed E-state index contributed by atoms with van der Waals surface area (Å²) in [6, 6.07) is 6.61. The number of benzene rings is 1. The van der Waals surface area contributed by atoms with Crippen LogP contribution in [0.5, 0.6) is 0 Å². The molecule has 0 aromatic heterocycles. The van der Waals surface area contributed by atoms with Crippen molar-refractivity contribution in [3.63, 3.8) is 0 Å². The Labute approximate surface area is 91.5 Å². The third-order valence-corrected chi connectivity index (χ3v) is 3.50. The second-order valence-corrected chi connectivity index (χ2v) is 4.69. The van der Waals surface area contributed by atoms with Crippen molar-refractivity contribution in [3.8, 4) is 0 Å². The zero-order valence-corrected chi connectivity index (χ0v) is 9.49. The highest BCUT2D eigenvalue weighted by Crippen LogP contribution is 2.44. The van der Waals surface area contributed by atoms with Crippen molar-refractivity contribution in [1.29, 1.82) is 0 Å². The highest BCUT2D eigenvalue weighted by molar-refractivity contribution is 5.52. The van der Waals surface area contributed by atoms with Gasteiger partial charge < -0.3 is 4.79 Å². The first kappa shape index (κ1) is 10.4. The normalized spacial score (nSPS) is 17.5. The highest BCUT2D eigenvalue weighted by Gasteiger charge is 2.31. The molecule has 0 amide bonds. The molecule has 1 aromatic rings. The van der Waals surface area contributed by atoms with Gasteiger partial charge in [-0.25, -0.2) is 0 Å². The van der Waals surface area contributed by atoms with Gasteiger partial charge in [-0.05, 0) is 55.2 Å². The molecule has 0 spiro atoms. The van der Waals surface area contributed by atoms with Crippen LogP contribution in [0.2, 0.25) is 0 Å². The van der Waals surface area contributed by atoms with Gasteiger partial charge >= 0.3 is 0 Å². The lowest BCUT2D eigenvalue weighted by atomic mass is 9.89. The molecule has 15 heavy (non-hydrogen) atoms. The molecule has 1 heteroatoms. The molecule has 1 aliphatic carbocycles. The second-order valence-electron chi connectivity index (χ2n) is 4.69. The van der Waals surface area contributed by atoms with E-state index in [1.165, 1.54) is 29.5 Å². The molecule has 1 aliphatic rings. The second kappa shape index (κ2) is 4.18. The maximum Gasteiger partial charge on any atom is 0.120 e. The largest absolute Gasteiger partial charge is 0.303 e. The van der Waals surface area contributed by atoms with Gasteiger partial charge in [0.15, 0.2) is 0 Å². The van der Waals surface area contributed by atoms with Crippen LogP contribution in [-0.2, 0) is 4.79 Å². The molecule has 0 saturated heterocycles. The van der Waals surface area contributed by atoms with Crippen molar-refractivity contribution >= 4 is 6.29 Å². The summed E-state index contributed by atoms with van der Waals surface area (Å²) in [5.74, 6) is 1.24. The number of carbonyl (C=O) groups is 1. The zero-order chi connectivity index (χ0) is 10.8. The summed E-state index contributed by atoms with van der Waals surface area (Å²) >= 11 is 0. The molecule has 1 fully saturated rings. The molecule has 80 valence electrons. The monoisotopic (exact) mass is 202 g/mol. The summed E-state index contributed by atoms with van der Waals surface area (Å²) in [5.41, 5.74) is 4.02. The summed E-state index contributed by atoms with van der Waals surface area (Å²) in [5, 5.41) is 0. The van der Waals surface area contributed by atoms with Gasteiger partial charge in [-0.2, -0.15) is 0 Å². The van der Waals surface area contributed by atoms with Crippen molar-refractivity contribution < 1.29 is 4.79 Å². The topological polar surface area (TPSA) is 17.1 Å². The number of aryl methyl sites for hydroxylation is 2. The molecule has 1 unspecified atom stereocenters. The minimum absolute atomic E-state index is 0.474.